The fraction of sp³-hybridized carbons (Fsp3) is 0.296. The Morgan fingerprint density at radius 3 is 2.38 bits per heavy atom. The maximum Gasteiger partial charge on any atom is 0.253 e. The SMILES string of the molecule is O=C(NCc1ccc(CS(=O)(=O)NC2CCCCC2)cc1)c1cncc2c1cnn2-c1ccc(F)cc1. The van der Waals surface area contributed by atoms with Crippen molar-refractivity contribution in [2.24, 2.45) is 0 Å². The second kappa shape index (κ2) is 10.8. The molecule has 0 saturated heterocycles. The van der Waals surface area contributed by atoms with Gasteiger partial charge in [-0.15, -0.1) is 0 Å². The fourth-order valence-electron chi connectivity index (χ4n) is 4.68. The zero-order valence-corrected chi connectivity index (χ0v) is 21.0. The molecular formula is C27H28FN5O3S. The number of hydrogen-bond donors (Lipinski definition) is 2. The van der Waals surface area contributed by atoms with Crippen LogP contribution in [-0.4, -0.2) is 35.1 Å². The van der Waals surface area contributed by atoms with Gasteiger partial charge < -0.3 is 5.32 Å². The summed E-state index contributed by atoms with van der Waals surface area (Å²) in [5, 5.41) is 7.87. The number of aromatic nitrogens is 3. The predicted octanol–water partition coefficient (Wildman–Crippen LogP) is 4.24. The van der Waals surface area contributed by atoms with Gasteiger partial charge >= 0.3 is 0 Å². The van der Waals surface area contributed by atoms with Crippen molar-refractivity contribution < 1.29 is 17.6 Å². The van der Waals surface area contributed by atoms with Crippen LogP contribution in [0.3, 0.4) is 0 Å². The Morgan fingerprint density at radius 1 is 0.946 bits per heavy atom. The van der Waals surface area contributed by atoms with E-state index in [2.05, 4.69) is 20.1 Å². The van der Waals surface area contributed by atoms with E-state index in [4.69, 9.17) is 0 Å². The van der Waals surface area contributed by atoms with Gasteiger partial charge in [0.15, 0.2) is 0 Å². The normalized spacial score (nSPS) is 14.6. The third kappa shape index (κ3) is 6.03. The van der Waals surface area contributed by atoms with E-state index in [1.165, 1.54) is 24.8 Å². The number of sulfonamides is 1. The minimum absolute atomic E-state index is 0.0370. The van der Waals surface area contributed by atoms with Crippen molar-refractivity contribution in [2.45, 2.75) is 50.4 Å². The molecule has 5 rings (SSSR count). The van der Waals surface area contributed by atoms with E-state index in [1.807, 2.05) is 12.1 Å². The van der Waals surface area contributed by atoms with Crippen molar-refractivity contribution in [3.05, 3.63) is 89.6 Å². The van der Waals surface area contributed by atoms with Crippen LogP contribution in [0.4, 0.5) is 4.39 Å². The summed E-state index contributed by atoms with van der Waals surface area (Å²) in [6.07, 6.45) is 9.78. The molecule has 1 amide bonds. The molecule has 2 N–H and O–H groups in total. The summed E-state index contributed by atoms with van der Waals surface area (Å²) >= 11 is 0. The van der Waals surface area contributed by atoms with Crippen LogP contribution >= 0.6 is 0 Å². The second-order valence-electron chi connectivity index (χ2n) is 9.36. The van der Waals surface area contributed by atoms with Crippen molar-refractivity contribution in [3.63, 3.8) is 0 Å². The van der Waals surface area contributed by atoms with Crippen LogP contribution in [0.25, 0.3) is 16.6 Å². The van der Waals surface area contributed by atoms with Crippen LogP contribution in [0.2, 0.25) is 0 Å². The van der Waals surface area contributed by atoms with E-state index in [0.717, 1.165) is 31.2 Å². The van der Waals surface area contributed by atoms with Gasteiger partial charge in [-0.25, -0.2) is 22.2 Å². The Labute approximate surface area is 215 Å². The first kappa shape index (κ1) is 25.0. The number of rotatable bonds is 8. The lowest BCUT2D eigenvalue weighted by molar-refractivity contribution is 0.0952. The lowest BCUT2D eigenvalue weighted by Gasteiger charge is -2.22. The topological polar surface area (TPSA) is 106 Å². The highest BCUT2D eigenvalue weighted by Crippen LogP contribution is 2.22. The summed E-state index contributed by atoms with van der Waals surface area (Å²) in [6, 6.07) is 13.1. The minimum atomic E-state index is -3.40. The molecule has 0 bridgehead atoms. The molecule has 0 radical (unpaired) electrons. The Kier molecular flexibility index (Phi) is 7.29. The monoisotopic (exact) mass is 521 g/mol. The van der Waals surface area contributed by atoms with Crippen LogP contribution < -0.4 is 10.0 Å². The number of carbonyl (C=O) groups is 1. The van der Waals surface area contributed by atoms with Gasteiger partial charge in [0.1, 0.15) is 5.82 Å². The largest absolute Gasteiger partial charge is 0.348 e. The average molecular weight is 522 g/mol. The van der Waals surface area contributed by atoms with Gasteiger partial charge in [0.05, 0.1) is 34.9 Å². The van der Waals surface area contributed by atoms with E-state index in [0.29, 0.717) is 27.7 Å². The third-order valence-electron chi connectivity index (χ3n) is 6.60. The maximum absolute atomic E-state index is 13.3. The number of fused-ring (bicyclic) bond motifs is 1. The van der Waals surface area contributed by atoms with Crippen LogP contribution in [0.5, 0.6) is 0 Å². The number of pyridine rings is 1. The highest BCUT2D eigenvalue weighted by Gasteiger charge is 2.20. The lowest BCUT2D eigenvalue weighted by atomic mass is 9.96. The van der Waals surface area contributed by atoms with Gasteiger partial charge in [-0.1, -0.05) is 43.5 Å². The van der Waals surface area contributed by atoms with Crippen LogP contribution in [0.1, 0.15) is 53.6 Å². The minimum Gasteiger partial charge on any atom is -0.348 e. The number of hydrogen-bond acceptors (Lipinski definition) is 5. The number of halogens is 1. The van der Waals surface area contributed by atoms with Crippen molar-refractivity contribution in [1.82, 2.24) is 24.8 Å². The number of amides is 1. The van der Waals surface area contributed by atoms with Crippen molar-refractivity contribution >= 4 is 26.8 Å². The van der Waals surface area contributed by atoms with E-state index in [-0.39, 0.29) is 30.1 Å². The van der Waals surface area contributed by atoms with Crippen LogP contribution in [-0.2, 0) is 22.3 Å². The molecule has 2 heterocycles. The fourth-order valence-corrected chi connectivity index (χ4v) is 6.14. The summed E-state index contributed by atoms with van der Waals surface area (Å²) in [5.74, 6) is -0.716. The summed E-state index contributed by atoms with van der Waals surface area (Å²) < 4.78 is 42.8. The summed E-state index contributed by atoms with van der Waals surface area (Å²) in [6.45, 7) is 0.272. The number of nitrogens with zero attached hydrogens (tertiary/aromatic N) is 3. The van der Waals surface area contributed by atoms with Gasteiger partial charge in [-0.2, -0.15) is 5.10 Å². The predicted molar refractivity (Wildman–Crippen MR) is 139 cm³/mol. The summed E-state index contributed by atoms with van der Waals surface area (Å²) in [4.78, 5) is 17.1. The van der Waals surface area contributed by atoms with E-state index in [9.17, 15) is 17.6 Å². The summed E-state index contributed by atoms with van der Waals surface area (Å²) in [7, 11) is -3.40. The van der Waals surface area contributed by atoms with E-state index < -0.39 is 10.0 Å². The first-order chi connectivity index (χ1) is 17.9. The molecule has 4 aromatic rings. The van der Waals surface area contributed by atoms with Crippen LogP contribution in [0.15, 0.2) is 67.1 Å². The van der Waals surface area contributed by atoms with Crippen molar-refractivity contribution in [1.29, 1.82) is 0 Å². The second-order valence-corrected chi connectivity index (χ2v) is 11.1. The third-order valence-corrected chi connectivity index (χ3v) is 8.00. The van der Waals surface area contributed by atoms with Gasteiger partial charge in [-0.3, -0.25) is 9.78 Å². The Hall–Kier alpha value is -3.63. The number of nitrogens with one attached hydrogen (secondary N) is 2. The molecule has 10 heteroatoms. The Bertz CT molecular complexity index is 1500. The molecule has 37 heavy (non-hydrogen) atoms. The molecule has 0 spiro atoms. The first-order valence-corrected chi connectivity index (χ1v) is 14.0. The molecule has 0 atom stereocenters. The molecule has 2 aromatic heterocycles. The van der Waals surface area contributed by atoms with Crippen molar-refractivity contribution in [2.75, 3.05) is 0 Å². The van der Waals surface area contributed by atoms with Crippen LogP contribution in [0, 0.1) is 5.82 Å². The molecule has 0 unspecified atom stereocenters. The maximum atomic E-state index is 13.3. The standard InChI is InChI=1S/C27H28FN5O3S/c28-21-10-12-23(13-11-21)33-26-17-29-15-25(24(26)16-31-33)27(34)30-14-19-6-8-20(9-7-19)18-37(35,36)32-22-4-2-1-3-5-22/h6-13,15-17,22,32H,1-5,14,18H2,(H,30,34). The molecule has 192 valence electrons. The molecule has 2 aromatic carbocycles. The number of carbonyl (C=O) groups excluding carboxylic acids is 1. The molecule has 1 saturated carbocycles. The summed E-state index contributed by atoms with van der Waals surface area (Å²) in [5.41, 5.74) is 3.21. The average Bonchev–Trinajstić information content (AvgIpc) is 3.33. The molecule has 1 aliphatic carbocycles. The molecule has 8 nitrogen and oxygen atoms in total. The zero-order chi connectivity index (χ0) is 25.8. The van der Waals surface area contributed by atoms with E-state index in [1.54, 1.807) is 41.3 Å². The number of benzene rings is 2. The van der Waals surface area contributed by atoms with Gasteiger partial charge in [0.2, 0.25) is 10.0 Å². The molecular weight excluding hydrogens is 493 g/mol. The Balaban J connectivity index is 1.22. The lowest BCUT2D eigenvalue weighted by Crippen LogP contribution is -2.36. The Morgan fingerprint density at radius 2 is 1.65 bits per heavy atom. The first-order valence-electron chi connectivity index (χ1n) is 12.3. The highest BCUT2D eigenvalue weighted by molar-refractivity contribution is 7.88. The van der Waals surface area contributed by atoms with Gasteiger partial charge in [0, 0.05) is 24.2 Å². The van der Waals surface area contributed by atoms with Crippen molar-refractivity contribution in [3.8, 4) is 5.69 Å². The van der Waals surface area contributed by atoms with Gasteiger partial charge in [0.25, 0.3) is 5.91 Å². The van der Waals surface area contributed by atoms with Gasteiger partial charge in [-0.05, 0) is 48.2 Å². The molecule has 1 fully saturated rings. The smallest absolute Gasteiger partial charge is 0.253 e. The molecule has 1 aliphatic rings. The van der Waals surface area contributed by atoms with E-state index >= 15 is 0 Å². The highest BCUT2D eigenvalue weighted by atomic mass is 32.2. The quantitative estimate of drug-likeness (QED) is 0.361. The molecule has 0 aliphatic heterocycles. The zero-order valence-electron chi connectivity index (χ0n) is 20.2.